The molecule has 33 heavy (non-hydrogen) atoms. The fourth-order valence-electron chi connectivity index (χ4n) is 3.77. The molecule has 2 amide bonds. The summed E-state index contributed by atoms with van der Waals surface area (Å²) in [6, 6.07) is 5.17. The quantitative estimate of drug-likeness (QED) is 0.629. The highest BCUT2D eigenvalue weighted by Gasteiger charge is 2.31. The molecule has 1 unspecified atom stereocenters. The molecule has 1 aliphatic heterocycles. The van der Waals surface area contributed by atoms with Crippen LogP contribution >= 0.6 is 0 Å². The maximum absolute atomic E-state index is 13.0. The van der Waals surface area contributed by atoms with E-state index in [0.717, 1.165) is 18.6 Å². The molecule has 0 radical (unpaired) electrons. The van der Waals surface area contributed by atoms with Gasteiger partial charge in [0.2, 0.25) is 5.91 Å². The van der Waals surface area contributed by atoms with Gasteiger partial charge >= 0.3 is 6.18 Å². The highest BCUT2D eigenvalue weighted by Crippen LogP contribution is 2.31. The Morgan fingerprint density at radius 2 is 1.88 bits per heavy atom. The average molecular weight is 464 g/mol. The predicted molar refractivity (Wildman–Crippen MR) is 118 cm³/mol. The summed E-state index contributed by atoms with van der Waals surface area (Å²) < 4.78 is 39.0. The number of carbonyl (C=O) groups is 2. The topological polar surface area (TPSA) is 69.6 Å². The second kappa shape index (κ2) is 10.6. The first-order valence-corrected chi connectivity index (χ1v) is 11.0. The molecule has 1 atom stereocenters. The van der Waals surface area contributed by atoms with Gasteiger partial charge in [-0.05, 0) is 31.5 Å². The summed E-state index contributed by atoms with van der Waals surface area (Å²) in [7, 11) is 0. The molecule has 1 aromatic heterocycles. The van der Waals surface area contributed by atoms with Crippen LogP contribution in [0.15, 0.2) is 42.9 Å². The first-order chi connectivity index (χ1) is 15.7. The normalized spacial score (nSPS) is 15.3. The highest BCUT2D eigenvalue weighted by atomic mass is 19.4. The summed E-state index contributed by atoms with van der Waals surface area (Å²) in [5, 5.41) is 0. The number of alkyl halides is 3. The van der Waals surface area contributed by atoms with Crippen LogP contribution < -0.4 is 4.90 Å². The van der Waals surface area contributed by atoms with Crippen molar-refractivity contribution in [3.05, 3.63) is 54.1 Å². The van der Waals surface area contributed by atoms with Crippen LogP contribution in [0.3, 0.4) is 0 Å². The van der Waals surface area contributed by atoms with E-state index >= 15 is 0 Å². The number of benzene rings is 1. The third-order valence-corrected chi connectivity index (χ3v) is 5.90. The summed E-state index contributed by atoms with van der Waals surface area (Å²) in [6.07, 6.45) is 0.865. The molecule has 0 saturated carbocycles. The van der Waals surface area contributed by atoms with Gasteiger partial charge in [0.15, 0.2) is 0 Å². The monoisotopic (exact) mass is 463 g/mol. The SMILES string of the molecule is CCC(C)N(CCC(=O)N1CCN(c2cccc(C(F)(F)F)c2)CC1)C(=O)c1cnccn1. The number of rotatable bonds is 7. The lowest BCUT2D eigenvalue weighted by Crippen LogP contribution is -2.50. The molecule has 7 nitrogen and oxygen atoms in total. The maximum atomic E-state index is 13.0. The van der Waals surface area contributed by atoms with Crippen LogP contribution in [0.5, 0.6) is 0 Å². The van der Waals surface area contributed by atoms with Gasteiger partial charge < -0.3 is 14.7 Å². The second-order valence-corrected chi connectivity index (χ2v) is 8.01. The number of anilines is 1. The molecule has 1 aliphatic rings. The minimum absolute atomic E-state index is 0.0648. The minimum Gasteiger partial charge on any atom is -0.368 e. The molecule has 0 N–H and O–H groups in total. The van der Waals surface area contributed by atoms with Gasteiger partial charge in [0, 0.05) is 63.3 Å². The predicted octanol–water partition coefficient (Wildman–Crippen LogP) is 3.48. The van der Waals surface area contributed by atoms with Gasteiger partial charge in [-0.15, -0.1) is 0 Å². The van der Waals surface area contributed by atoms with Gasteiger partial charge in [0.25, 0.3) is 5.91 Å². The third-order valence-electron chi connectivity index (χ3n) is 5.90. The number of piperazine rings is 1. The zero-order chi connectivity index (χ0) is 24.0. The summed E-state index contributed by atoms with van der Waals surface area (Å²) in [5.74, 6) is -0.349. The van der Waals surface area contributed by atoms with E-state index in [9.17, 15) is 22.8 Å². The van der Waals surface area contributed by atoms with Gasteiger partial charge in [0.05, 0.1) is 11.8 Å². The lowest BCUT2D eigenvalue weighted by atomic mass is 10.1. The average Bonchev–Trinajstić information content (AvgIpc) is 2.83. The molecule has 178 valence electrons. The molecule has 1 fully saturated rings. The van der Waals surface area contributed by atoms with E-state index in [2.05, 4.69) is 9.97 Å². The molecule has 0 spiro atoms. The Bertz CT molecular complexity index is 947. The number of hydrogen-bond acceptors (Lipinski definition) is 5. The van der Waals surface area contributed by atoms with E-state index in [4.69, 9.17) is 0 Å². The van der Waals surface area contributed by atoms with Crippen LogP contribution in [0.25, 0.3) is 0 Å². The summed E-state index contributed by atoms with van der Waals surface area (Å²) in [5.41, 5.74) is 0.0470. The third kappa shape index (κ3) is 6.21. The Morgan fingerprint density at radius 1 is 1.15 bits per heavy atom. The molecule has 3 rings (SSSR count). The number of hydrogen-bond donors (Lipinski definition) is 0. The van der Waals surface area contributed by atoms with Crippen molar-refractivity contribution in [1.29, 1.82) is 0 Å². The summed E-state index contributed by atoms with van der Waals surface area (Å²) >= 11 is 0. The van der Waals surface area contributed by atoms with E-state index in [-0.39, 0.29) is 36.5 Å². The molecular weight excluding hydrogens is 435 g/mol. The minimum atomic E-state index is -4.39. The van der Waals surface area contributed by atoms with E-state index in [1.807, 2.05) is 18.7 Å². The van der Waals surface area contributed by atoms with Crippen molar-refractivity contribution in [2.45, 2.75) is 38.9 Å². The maximum Gasteiger partial charge on any atom is 0.416 e. The lowest BCUT2D eigenvalue weighted by molar-refractivity contribution is -0.137. The fraction of sp³-hybridized carbons (Fsp3) is 0.478. The fourth-order valence-corrected chi connectivity index (χ4v) is 3.77. The first-order valence-electron chi connectivity index (χ1n) is 11.0. The summed E-state index contributed by atoms with van der Waals surface area (Å²) in [4.78, 5) is 38.8. The van der Waals surface area contributed by atoms with Crippen molar-refractivity contribution in [3.8, 4) is 0 Å². The van der Waals surface area contributed by atoms with Crippen molar-refractivity contribution in [3.63, 3.8) is 0 Å². The summed E-state index contributed by atoms with van der Waals surface area (Å²) in [6.45, 7) is 5.87. The Balaban J connectivity index is 1.56. The number of halogens is 3. The number of amides is 2. The van der Waals surface area contributed by atoms with E-state index in [1.54, 1.807) is 15.9 Å². The van der Waals surface area contributed by atoms with Crippen molar-refractivity contribution in [1.82, 2.24) is 19.8 Å². The van der Waals surface area contributed by atoms with Crippen molar-refractivity contribution >= 4 is 17.5 Å². The molecular formula is C23H28F3N5O2. The largest absolute Gasteiger partial charge is 0.416 e. The molecule has 1 saturated heterocycles. The number of carbonyl (C=O) groups excluding carboxylic acids is 2. The van der Waals surface area contributed by atoms with Crippen LogP contribution in [-0.4, -0.2) is 70.3 Å². The smallest absolute Gasteiger partial charge is 0.368 e. The molecule has 2 heterocycles. The Labute approximate surface area is 191 Å². The lowest BCUT2D eigenvalue weighted by Gasteiger charge is -2.37. The first kappa shape index (κ1) is 24.5. The molecule has 2 aromatic rings. The van der Waals surface area contributed by atoms with Gasteiger partial charge in [0.1, 0.15) is 5.69 Å². The zero-order valence-corrected chi connectivity index (χ0v) is 18.8. The van der Waals surface area contributed by atoms with Crippen LogP contribution in [0.1, 0.15) is 42.7 Å². The number of nitrogens with zero attached hydrogens (tertiary/aromatic N) is 5. The van der Waals surface area contributed by atoms with Gasteiger partial charge in [-0.2, -0.15) is 13.2 Å². The van der Waals surface area contributed by atoms with Gasteiger partial charge in [-0.1, -0.05) is 13.0 Å². The van der Waals surface area contributed by atoms with Gasteiger partial charge in [-0.25, -0.2) is 4.98 Å². The van der Waals surface area contributed by atoms with E-state index < -0.39 is 11.7 Å². The van der Waals surface area contributed by atoms with Gasteiger partial charge in [-0.3, -0.25) is 14.6 Å². The van der Waals surface area contributed by atoms with Crippen LogP contribution in [-0.2, 0) is 11.0 Å². The van der Waals surface area contributed by atoms with Crippen molar-refractivity contribution in [2.24, 2.45) is 0 Å². The van der Waals surface area contributed by atoms with E-state index in [1.165, 1.54) is 24.7 Å². The zero-order valence-electron chi connectivity index (χ0n) is 18.8. The Morgan fingerprint density at radius 3 is 2.48 bits per heavy atom. The van der Waals surface area contributed by atoms with Crippen LogP contribution in [0.2, 0.25) is 0 Å². The molecule has 10 heteroatoms. The van der Waals surface area contributed by atoms with E-state index in [0.29, 0.717) is 31.9 Å². The molecule has 1 aromatic carbocycles. The Hall–Kier alpha value is -3.17. The second-order valence-electron chi connectivity index (χ2n) is 8.01. The molecule has 0 bridgehead atoms. The van der Waals surface area contributed by atoms with Crippen molar-refractivity contribution < 1.29 is 22.8 Å². The standard InChI is InChI=1S/C23H28F3N5O2/c1-3-17(2)31(22(33)20-16-27-8-9-28-20)10-7-21(32)30-13-11-29(12-14-30)19-6-4-5-18(15-19)23(24,25)26/h4-6,8-9,15-17H,3,7,10-14H2,1-2H3. The van der Waals surface area contributed by atoms with Crippen molar-refractivity contribution in [2.75, 3.05) is 37.6 Å². The number of aromatic nitrogens is 2. The van der Waals surface area contributed by atoms with Crippen LogP contribution in [0.4, 0.5) is 18.9 Å². The Kier molecular flexibility index (Phi) is 7.88. The molecule has 0 aliphatic carbocycles. The highest BCUT2D eigenvalue weighted by molar-refractivity contribution is 5.92. The van der Waals surface area contributed by atoms with Crippen LogP contribution in [0, 0.1) is 0 Å².